The number of benzene rings is 3. The number of unbranched alkanes of at least 4 members (excludes halogenated alkanes) is 1. The van der Waals surface area contributed by atoms with Gasteiger partial charge in [0.15, 0.2) is 11.5 Å². The monoisotopic (exact) mass is 580 g/mol. The highest BCUT2D eigenvalue weighted by Gasteiger charge is 2.50. The molecule has 3 aromatic rings. The third kappa shape index (κ3) is 6.19. The third-order valence-electron chi connectivity index (χ3n) is 7.17. The van der Waals surface area contributed by atoms with Crippen LogP contribution in [-0.2, 0) is 14.5 Å². The number of thioether (sulfide) groups is 1. The summed E-state index contributed by atoms with van der Waals surface area (Å²) < 4.78 is 34.4. The minimum atomic E-state index is -1.30. The van der Waals surface area contributed by atoms with E-state index in [1.54, 1.807) is 26.2 Å². The predicted molar refractivity (Wildman–Crippen MR) is 158 cm³/mol. The molecule has 10 heteroatoms. The average molecular weight is 581 g/mol. The summed E-state index contributed by atoms with van der Waals surface area (Å²) in [7, 11) is 7.01. The molecule has 0 N–H and O–H groups in total. The van der Waals surface area contributed by atoms with Gasteiger partial charge in [0, 0.05) is 37.2 Å². The number of hydrogen-bond acceptors (Lipinski definition) is 9. The molecule has 0 fully saturated rings. The van der Waals surface area contributed by atoms with Crippen molar-refractivity contribution < 1.29 is 33.2 Å². The van der Waals surface area contributed by atoms with E-state index < -0.39 is 4.93 Å². The number of fused-ring (bicyclic) bond motifs is 2. The van der Waals surface area contributed by atoms with Gasteiger partial charge in [-0.3, -0.25) is 4.79 Å². The van der Waals surface area contributed by atoms with Crippen molar-refractivity contribution in [3.05, 3.63) is 66.2 Å². The minimum Gasteiger partial charge on any atom is -0.497 e. The Labute approximate surface area is 245 Å². The Morgan fingerprint density at radius 1 is 0.927 bits per heavy atom. The molecule has 9 nitrogen and oxygen atoms in total. The second-order valence-electron chi connectivity index (χ2n) is 9.84. The molecule has 1 atom stereocenters. The first kappa shape index (κ1) is 28.9. The van der Waals surface area contributed by atoms with E-state index in [0.29, 0.717) is 30.3 Å². The van der Waals surface area contributed by atoms with Gasteiger partial charge >= 0.3 is 0 Å². The summed E-state index contributed by atoms with van der Waals surface area (Å²) in [4.78, 5) is 17.3. The van der Waals surface area contributed by atoms with Gasteiger partial charge < -0.3 is 38.2 Å². The number of methoxy groups -OCH3 is 2. The molecule has 3 aromatic carbocycles. The van der Waals surface area contributed by atoms with Crippen LogP contribution in [0.2, 0.25) is 0 Å². The lowest BCUT2D eigenvalue weighted by Crippen LogP contribution is -2.47. The largest absolute Gasteiger partial charge is 0.497 e. The van der Waals surface area contributed by atoms with Gasteiger partial charge in [-0.1, -0.05) is 23.9 Å². The van der Waals surface area contributed by atoms with Gasteiger partial charge in [-0.2, -0.15) is 0 Å². The molecule has 0 bridgehead atoms. The van der Waals surface area contributed by atoms with Crippen LogP contribution in [-0.4, -0.2) is 72.2 Å². The standard InChI is InChI=1S/C31H36N2O7S/c1-32(16-18-37-23-12-14-27-28(20-23)40-21-39-27)15-7-8-17-38-26-13-11-22(35-3)19-24(26)31(36-4)30(34)33(2)25-9-5-6-10-29(25)41-31/h5-6,9-14,19-20H,7-8,15-18,21H2,1-4H3. The van der Waals surface area contributed by atoms with Crippen LogP contribution in [0.3, 0.4) is 0 Å². The maximum Gasteiger partial charge on any atom is 0.274 e. The van der Waals surface area contributed by atoms with E-state index in [1.165, 1.54) is 11.8 Å². The molecular formula is C31H36N2O7S. The van der Waals surface area contributed by atoms with Gasteiger partial charge in [0.25, 0.3) is 5.91 Å². The van der Waals surface area contributed by atoms with Crippen LogP contribution >= 0.6 is 11.8 Å². The normalized spacial score (nSPS) is 17.5. The first-order chi connectivity index (χ1) is 19.9. The van der Waals surface area contributed by atoms with Crippen molar-refractivity contribution in [1.82, 2.24) is 4.90 Å². The van der Waals surface area contributed by atoms with E-state index in [9.17, 15) is 4.79 Å². The van der Waals surface area contributed by atoms with E-state index in [2.05, 4.69) is 11.9 Å². The van der Waals surface area contributed by atoms with Gasteiger partial charge in [-0.15, -0.1) is 0 Å². The maximum absolute atomic E-state index is 13.7. The fraction of sp³-hybridized carbons (Fsp3) is 0.387. The number of hydrogen-bond donors (Lipinski definition) is 0. The van der Waals surface area contributed by atoms with Crippen molar-refractivity contribution >= 4 is 23.4 Å². The van der Waals surface area contributed by atoms with E-state index in [0.717, 1.165) is 53.8 Å². The fourth-order valence-electron chi connectivity index (χ4n) is 4.84. The van der Waals surface area contributed by atoms with Crippen LogP contribution in [0.25, 0.3) is 0 Å². The number of carbonyl (C=O) groups excluding carboxylic acids is 1. The van der Waals surface area contributed by atoms with E-state index in [1.807, 2.05) is 60.7 Å². The van der Waals surface area contributed by atoms with Crippen LogP contribution in [0.1, 0.15) is 18.4 Å². The van der Waals surface area contributed by atoms with Crippen molar-refractivity contribution in [2.24, 2.45) is 0 Å². The number of amides is 1. The molecule has 1 unspecified atom stereocenters. The van der Waals surface area contributed by atoms with Crippen molar-refractivity contribution in [3.63, 3.8) is 0 Å². The first-order valence-corrected chi connectivity index (χ1v) is 14.4. The van der Waals surface area contributed by atoms with Crippen LogP contribution in [0.15, 0.2) is 65.6 Å². The molecule has 0 aromatic heterocycles. The molecule has 2 heterocycles. The average Bonchev–Trinajstić information content (AvgIpc) is 3.47. The zero-order valence-electron chi connectivity index (χ0n) is 23.9. The number of carbonyl (C=O) groups is 1. The Hall–Kier alpha value is -3.60. The van der Waals surface area contributed by atoms with Crippen LogP contribution < -0.4 is 28.6 Å². The molecule has 0 spiro atoms. The highest BCUT2D eigenvalue weighted by atomic mass is 32.2. The van der Waals surface area contributed by atoms with Crippen molar-refractivity contribution in [2.45, 2.75) is 22.7 Å². The summed E-state index contributed by atoms with van der Waals surface area (Å²) in [6.45, 7) is 3.03. The number of rotatable bonds is 13. The highest BCUT2D eigenvalue weighted by molar-refractivity contribution is 8.01. The second kappa shape index (κ2) is 12.9. The smallest absolute Gasteiger partial charge is 0.274 e. The Morgan fingerprint density at radius 2 is 1.73 bits per heavy atom. The zero-order valence-corrected chi connectivity index (χ0v) is 24.7. The number of para-hydroxylation sites is 1. The first-order valence-electron chi connectivity index (χ1n) is 13.6. The quantitative estimate of drug-likeness (QED) is 0.255. The summed E-state index contributed by atoms with van der Waals surface area (Å²) in [5, 5.41) is 0. The number of likely N-dealkylation sites (N-methyl/N-ethyl adjacent to an activating group) is 2. The Balaban J connectivity index is 1.15. The third-order valence-corrected chi connectivity index (χ3v) is 8.59. The lowest BCUT2D eigenvalue weighted by Gasteiger charge is -2.40. The summed E-state index contributed by atoms with van der Waals surface area (Å²) in [5.74, 6) is 3.29. The van der Waals surface area contributed by atoms with Gasteiger partial charge in [-0.25, -0.2) is 0 Å². The molecule has 0 aliphatic carbocycles. The van der Waals surface area contributed by atoms with Crippen LogP contribution in [0.4, 0.5) is 5.69 Å². The fourth-order valence-corrected chi connectivity index (χ4v) is 6.18. The van der Waals surface area contributed by atoms with E-state index >= 15 is 0 Å². The molecular weight excluding hydrogens is 544 g/mol. The molecule has 0 saturated heterocycles. The van der Waals surface area contributed by atoms with Crippen molar-refractivity contribution in [1.29, 1.82) is 0 Å². The molecule has 218 valence electrons. The Morgan fingerprint density at radius 3 is 2.56 bits per heavy atom. The van der Waals surface area contributed by atoms with Crippen LogP contribution in [0.5, 0.6) is 28.7 Å². The zero-order chi connectivity index (χ0) is 28.8. The predicted octanol–water partition coefficient (Wildman–Crippen LogP) is 5.16. The molecule has 5 rings (SSSR count). The minimum absolute atomic E-state index is 0.175. The van der Waals surface area contributed by atoms with E-state index in [-0.39, 0.29) is 12.7 Å². The SMILES string of the molecule is COc1ccc(OCCCCN(C)CCOc2ccc3c(c2)OCO3)c(C2(OC)Sc3ccccc3N(C)C2=O)c1. The second-order valence-corrected chi connectivity index (χ2v) is 11.1. The molecule has 2 aliphatic rings. The highest BCUT2D eigenvalue weighted by Crippen LogP contribution is 2.53. The lowest BCUT2D eigenvalue weighted by molar-refractivity contribution is -0.131. The Kier molecular flexibility index (Phi) is 9.12. The summed E-state index contributed by atoms with van der Waals surface area (Å²) in [5.41, 5.74) is 1.49. The topological polar surface area (TPSA) is 78.9 Å². The molecule has 1 amide bonds. The molecule has 0 radical (unpaired) electrons. The van der Waals surface area contributed by atoms with Crippen molar-refractivity contribution in [3.8, 4) is 28.7 Å². The number of nitrogens with zero attached hydrogens (tertiary/aromatic N) is 2. The molecule has 41 heavy (non-hydrogen) atoms. The van der Waals surface area contributed by atoms with E-state index in [4.69, 9.17) is 28.4 Å². The molecule has 0 saturated carbocycles. The Bertz CT molecular complexity index is 1370. The number of ether oxygens (including phenoxy) is 6. The summed E-state index contributed by atoms with van der Waals surface area (Å²) >= 11 is 1.38. The van der Waals surface area contributed by atoms with Crippen LogP contribution in [0, 0.1) is 0 Å². The van der Waals surface area contributed by atoms with Gasteiger partial charge in [0.1, 0.15) is 23.9 Å². The summed E-state index contributed by atoms with van der Waals surface area (Å²) in [6, 6.07) is 18.9. The lowest BCUT2D eigenvalue weighted by atomic mass is 10.0. The van der Waals surface area contributed by atoms with Gasteiger partial charge in [0.2, 0.25) is 11.7 Å². The summed E-state index contributed by atoms with van der Waals surface area (Å²) in [6.07, 6.45) is 1.80. The number of anilines is 1. The van der Waals surface area contributed by atoms with Gasteiger partial charge in [-0.05, 0) is 68.9 Å². The van der Waals surface area contributed by atoms with Crippen molar-refractivity contribution in [2.75, 3.05) is 66.3 Å². The van der Waals surface area contributed by atoms with Gasteiger partial charge in [0.05, 0.1) is 19.4 Å². The maximum atomic E-state index is 13.7. The molecule has 2 aliphatic heterocycles.